The van der Waals surface area contributed by atoms with Gasteiger partial charge in [0.1, 0.15) is 11.3 Å². The van der Waals surface area contributed by atoms with Crippen molar-refractivity contribution in [3.63, 3.8) is 0 Å². The summed E-state index contributed by atoms with van der Waals surface area (Å²) in [6.45, 7) is 3.58. The van der Waals surface area contributed by atoms with E-state index in [0.717, 1.165) is 43.1 Å². The third-order valence-corrected chi connectivity index (χ3v) is 3.36. The molecule has 1 fully saturated rings. The van der Waals surface area contributed by atoms with Gasteiger partial charge in [-0.1, -0.05) is 0 Å². The lowest BCUT2D eigenvalue weighted by molar-refractivity contribution is 0.0779. The fraction of sp³-hybridized carbons (Fsp3) is 0.538. The number of ether oxygens (including phenoxy) is 2. The molecule has 0 bridgehead atoms. The van der Waals surface area contributed by atoms with E-state index in [2.05, 4.69) is 14.4 Å². The van der Waals surface area contributed by atoms with E-state index in [1.165, 1.54) is 0 Å². The maximum atomic E-state index is 5.54. The van der Waals surface area contributed by atoms with Gasteiger partial charge in [0.05, 0.1) is 25.6 Å². The van der Waals surface area contributed by atoms with Crippen LogP contribution in [0.1, 0.15) is 30.3 Å². The maximum absolute atomic E-state index is 5.54. The van der Waals surface area contributed by atoms with Gasteiger partial charge in [0.2, 0.25) is 5.88 Å². The van der Waals surface area contributed by atoms with Crippen molar-refractivity contribution in [2.24, 2.45) is 0 Å². The summed E-state index contributed by atoms with van der Waals surface area (Å²) < 4.78 is 12.9. The molecular weight excluding hydrogens is 230 g/mol. The van der Waals surface area contributed by atoms with Crippen LogP contribution in [0.2, 0.25) is 0 Å². The Labute approximate surface area is 106 Å². The molecule has 0 N–H and O–H groups in total. The summed E-state index contributed by atoms with van der Waals surface area (Å²) in [5.41, 5.74) is 1.85. The maximum Gasteiger partial charge on any atom is 0.239 e. The highest BCUT2D eigenvalue weighted by Crippen LogP contribution is 2.27. The zero-order valence-corrected chi connectivity index (χ0v) is 10.7. The van der Waals surface area contributed by atoms with Crippen LogP contribution >= 0.6 is 0 Å². The van der Waals surface area contributed by atoms with Crippen molar-refractivity contribution in [1.82, 2.24) is 14.4 Å². The molecule has 0 aromatic carbocycles. The highest BCUT2D eigenvalue weighted by atomic mass is 16.5. The van der Waals surface area contributed by atoms with E-state index in [4.69, 9.17) is 9.47 Å². The highest BCUT2D eigenvalue weighted by Gasteiger charge is 2.21. The fourth-order valence-corrected chi connectivity index (χ4v) is 2.50. The van der Waals surface area contributed by atoms with Crippen molar-refractivity contribution in [2.75, 3.05) is 20.3 Å². The van der Waals surface area contributed by atoms with Gasteiger partial charge in [0, 0.05) is 18.7 Å². The molecule has 0 radical (unpaired) electrons. The standard InChI is InChI=1S/C13H17N3O2/c1-9-7-16-11(13(15-9)17-2)6-14-12(16)10-4-3-5-18-8-10/h6-7,10H,3-5,8H2,1-2H3. The molecule has 3 rings (SSSR count). The Morgan fingerprint density at radius 1 is 1.50 bits per heavy atom. The third-order valence-electron chi connectivity index (χ3n) is 3.36. The largest absolute Gasteiger partial charge is 0.479 e. The molecule has 2 aromatic heterocycles. The van der Waals surface area contributed by atoms with E-state index in [1.807, 2.05) is 19.3 Å². The van der Waals surface area contributed by atoms with Gasteiger partial charge in [0.15, 0.2) is 0 Å². The number of methoxy groups -OCH3 is 1. The smallest absolute Gasteiger partial charge is 0.239 e. The van der Waals surface area contributed by atoms with Crippen LogP contribution in [0.25, 0.3) is 5.52 Å². The Kier molecular flexibility index (Phi) is 2.91. The molecular formula is C13H17N3O2. The number of hydrogen-bond acceptors (Lipinski definition) is 4. The van der Waals surface area contributed by atoms with E-state index < -0.39 is 0 Å². The Bertz CT molecular complexity index is 559. The lowest BCUT2D eigenvalue weighted by Crippen LogP contribution is -2.18. The van der Waals surface area contributed by atoms with Crippen LogP contribution in [-0.4, -0.2) is 34.7 Å². The number of nitrogens with zero attached hydrogens (tertiary/aromatic N) is 3. The van der Waals surface area contributed by atoms with Gasteiger partial charge >= 0.3 is 0 Å². The number of aryl methyl sites for hydroxylation is 1. The highest BCUT2D eigenvalue weighted by molar-refractivity contribution is 5.56. The Morgan fingerprint density at radius 2 is 2.39 bits per heavy atom. The second kappa shape index (κ2) is 4.57. The first-order valence-electron chi connectivity index (χ1n) is 6.26. The third kappa shape index (κ3) is 1.84. The lowest BCUT2D eigenvalue weighted by Gasteiger charge is -2.21. The summed E-state index contributed by atoms with van der Waals surface area (Å²) in [5.74, 6) is 2.05. The summed E-state index contributed by atoms with van der Waals surface area (Å²) in [6, 6.07) is 0. The first-order chi connectivity index (χ1) is 8.79. The van der Waals surface area contributed by atoms with Gasteiger partial charge in [0.25, 0.3) is 0 Å². The van der Waals surface area contributed by atoms with Crippen LogP contribution in [0, 0.1) is 6.92 Å². The number of aromatic nitrogens is 3. The van der Waals surface area contributed by atoms with E-state index in [1.54, 1.807) is 7.11 Å². The lowest BCUT2D eigenvalue weighted by atomic mass is 10.0. The van der Waals surface area contributed by atoms with Crippen LogP contribution in [0.15, 0.2) is 12.4 Å². The summed E-state index contributed by atoms with van der Waals surface area (Å²) in [6.07, 6.45) is 6.06. The van der Waals surface area contributed by atoms with Gasteiger partial charge in [-0.05, 0) is 19.8 Å². The van der Waals surface area contributed by atoms with Crippen molar-refractivity contribution < 1.29 is 9.47 Å². The van der Waals surface area contributed by atoms with Crippen LogP contribution in [0.4, 0.5) is 0 Å². The van der Waals surface area contributed by atoms with E-state index in [0.29, 0.717) is 11.8 Å². The summed E-state index contributed by atoms with van der Waals surface area (Å²) in [4.78, 5) is 8.90. The number of imidazole rings is 1. The SMILES string of the molecule is COc1nc(C)cn2c(C3CCCOC3)ncc12. The monoisotopic (exact) mass is 247 g/mol. The molecule has 0 saturated carbocycles. The Balaban J connectivity index is 2.10. The first kappa shape index (κ1) is 11.5. The minimum Gasteiger partial charge on any atom is -0.479 e. The second-order valence-electron chi connectivity index (χ2n) is 4.68. The van der Waals surface area contributed by atoms with Crippen LogP contribution in [-0.2, 0) is 4.74 Å². The molecule has 0 aliphatic carbocycles. The zero-order valence-electron chi connectivity index (χ0n) is 10.7. The Morgan fingerprint density at radius 3 is 3.11 bits per heavy atom. The molecule has 2 aromatic rings. The molecule has 1 aliphatic rings. The van der Waals surface area contributed by atoms with Crippen LogP contribution in [0.3, 0.4) is 0 Å². The van der Waals surface area contributed by atoms with Crippen molar-refractivity contribution >= 4 is 5.52 Å². The molecule has 3 heterocycles. The van der Waals surface area contributed by atoms with Crippen molar-refractivity contribution in [3.8, 4) is 5.88 Å². The molecule has 5 nitrogen and oxygen atoms in total. The molecule has 5 heteroatoms. The minimum atomic E-state index is 0.368. The van der Waals surface area contributed by atoms with Gasteiger partial charge in [-0.2, -0.15) is 0 Å². The molecule has 18 heavy (non-hydrogen) atoms. The van der Waals surface area contributed by atoms with Crippen molar-refractivity contribution in [1.29, 1.82) is 0 Å². The molecule has 0 spiro atoms. The predicted octanol–water partition coefficient (Wildman–Crippen LogP) is 1.94. The molecule has 1 atom stereocenters. The molecule has 1 unspecified atom stereocenters. The average molecular weight is 247 g/mol. The van der Waals surface area contributed by atoms with E-state index in [9.17, 15) is 0 Å². The van der Waals surface area contributed by atoms with Gasteiger partial charge in [-0.15, -0.1) is 0 Å². The zero-order chi connectivity index (χ0) is 12.5. The first-order valence-corrected chi connectivity index (χ1v) is 6.26. The van der Waals surface area contributed by atoms with Crippen molar-refractivity contribution in [2.45, 2.75) is 25.7 Å². The second-order valence-corrected chi connectivity index (χ2v) is 4.68. The molecule has 1 aliphatic heterocycles. The fourth-order valence-electron chi connectivity index (χ4n) is 2.50. The van der Waals surface area contributed by atoms with E-state index in [-0.39, 0.29) is 0 Å². The van der Waals surface area contributed by atoms with Crippen LogP contribution in [0.5, 0.6) is 5.88 Å². The predicted molar refractivity (Wildman–Crippen MR) is 67.1 cm³/mol. The molecule has 0 amide bonds. The summed E-state index contributed by atoms with van der Waals surface area (Å²) in [7, 11) is 1.64. The van der Waals surface area contributed by atoms with Crippen LogP contribution < -0.4 is 4.74 Å². The number of rotatable bonds is 2. The van der Waals surface area contributed by atoms with Gasteiger partial charge < -0.3 is 9.47 Å². The van der Waals surface area contributed by atoms with E-state index >= 15 is 0 Å². The average Bonchev–Trinajstić information content (AvgIpc) is 2.82. The number of fused-ring (bicyclic) bond motifs is 1. The molecule has 1 saturated heterocycles. The topological polar surface area (TPSA) is 48.7 Å². The minimum absolute atomic E-state index is 0.368. The summed E-state index contributed by atoms with van der Waals surface area (Å²) >= 11 is 0. The van der Waals surface area contributed by atoms with Gasteiger partial charge in [-0.25, -0.2) is 9.97 Å². The van der Waals surface area contributed by atoms with Crippen molar-refractivity contribution in [3.05, 3.63) is 23.9 Å². The summed E-state index contributed by atoms with van der Waals surface area (Å²) in [5, 5.41) is 0. The van der Waals surface area contributed by atoms with Gasteiger partial charge in [-0.3, -0.25) is 4.40 Å². The normalized spacial score (nSPS) is 20.2. The molecule has 96 valence electrons. The Hall–Kier alpha value is -1.62. The quantitative estimate of drug-likeness (QED) is 0.813. The number of hydrogen-bond donors (Lipinski definition) is 0.